The van der Waals surface area contributed by atoms with Crippen LogP contribution in [0.15, 0.2) is 0 Å². The van der Waals surface area contributed by atoms with Gasteiger partial charge in [-0.25, -0.2) is 4.79 Å². The summed E-state index contributed by atoms with van der Waals surface area (Å²) in [7, 11) is 1.23. The lowest BCUT2D eigenvalue weighted by molar-refractivity contribution is -0.144. The Morgan fingerprint density at radius 2 is 1.82 bits per heavy atom. The summed E-state index contributed by atoms with van der Waals surface area (Å²) in [4.78, 5) is 33.2. The van der Waals surface area contributed by atoms with E-state index in [0.717, 1.165) is 0 Å². The molecule has 0 bridgehead atoms. The summed E-state index contributed by atoms with van der Waals surface area (Å²) in [5.41, 5.74) is 0. The van der Waals surface area contributed by atoms with Crippen LogP contribution in [0.1, 0.15) is 20.3 Å². The third-order valence-electron chi connectivity index (χ3n) is 2.21. The van der Waals surface area contributed by atoms with Crippen molar-refractivity contribution < 1.29 is 26.0 Å². The molecule has 0 radical (unpaired) electrons. The molecular formula is C10H18N2O5. The Morgan fingerprint density at radius 3 is 2.12 bits per heavy atom. The molecule has 0 rings (SSSR count). The van der Waals surface area contributed by atoms with Crippen molar-refractivity contribution >= 4 is 17.8 Å². The lowest BCUT2D eigenvalue weighted by Gasteiger charge is -2.21. The van der Waals surface area contributed by atoms with E-state index in [9.17, 15) is 14.4 Å². The monoisotopic (exact) mass is 247 g/mol. The lowest BCUT2D eigenvalue weighted by Crippen LogP contribution is -2.51. The largest absolute Gasteiger partial charge is 0.481 e. The molecule has 0 aliphatic heterocycles. The molecule has 0 unspecified atom stereocenters. The maximum absolute atomic E-state index is 11.7. The molecule has 1 amide bonds. The van der Waals surface area contributed by atoms with Crippen LogP contribution in [0.5, 0.6) is 0 Å². The highest BCUT2D eigenvalue weighted by molar-refractivity contribution is 5.89. The Morgan fingerprint density at radius 1 is 1.29 bits per heavy atom. The quantitative estimate of drug-likeness (QED) is 0.471. The van der Waals surface area contributed by atoms with Gasteiger partial charge in [-0.3, -0.25) is 9.59 Å². The van der Waals surface area contributed by atoms with Gasteiger partial charge < -0.3 is 20.8 Å². The average Bonchev–Trinajstić information content (AvgIpc) is 2.20. The molecule has 0 saturated carbocycles. The Bertz CT molecular complexity index is 332. The van der Waals surface area contributed by atoms with Gasteiger partial charge in [0.15, 0.2) is 0 Å². The highest BCUT2D eigenvalue weighted by Crippen LogP contribution is 2.03. The fraction of sp³-hybridized carbons (Fsp3) is 0.700. The number of rotatable bonds is 7. The smallest absolute Gasteiger partial charge is 0.326 e. The lowest BCUT2D eigenvalue weighted by atomic mass is 10.0. The molecule has 17 heavy (non-hydrogen) atoms. The molecule has 0 aromatic rings. The van der Waals surface area contributed by atoms with E-state index in [1.165, 1.54) is 7.05 Å². The number of likely N-dealkylation sites (N-methyl/N-ethyl adjacent to an activating group) is 1. The van der Waals surface area contributed by atoms with Crippen LogP contribution in [0.25, 0.3) is 0 Å². The van der Waals surface area contributed by atoms with Crippen molar-refractivity contribution in [3.8, 4) is 0 Å². The summed E-state index contributed by atoms with van der Waals surface area (Å²) in [6.45, 7) is 3.24. The maximum atomic E-state index is 11.7. The first-order valence-corrected chi connectivity index (χ1v) is 5.13. The van der Waals surface area contributed by atoms with Gasteiger partial charge in [0.2, 0.25) is 5.91 Å². The number of nitrogens with one attached hydrogen (secondary N) is 2. The van der Waals surface area contributed by atoms with Gasteiger partial charge in [0.1, 0.15) is 7.45 Å². The van der Waals surface area contributed by atoms with Gasteiger partial charge in [-0.05, 0) is 13.0 Å². The minimum absolute atomic E-state index is 0.340. The second-order valence-electron chi connectivity index (χ2n) is 3.94. The van der Waals surface area contributed by atoms with Crippen LogP contribution in [-0.2, 0) is 14.4 Å². The molecule has 0 fully saturated rings. The van der Waals surface area contributed by atoms with Crippen LogP contribution in [0.3, 0.4) is 0 Å². The number of carbonyl (C=O) groups is 3. The van der Waals surface area contributed by atoms with Crippen molar-refractivity contribution in [1.29, 1.82) is 0 Å². The van der Waals surface area contributed by atoms with E-state index in [0.29, 0.717) is 5.31 Å². The summed E-state index contributed by atoms with van der Waals surface area (Å²) in [5, 5.41) is 20.5. The number of carbonyl (C=O) groups excluding carboxylic acids is 1. The zero-order valence-corrected chi connectivity index (χ0v) is 10.0. The Labute approximate surface area is 101 Å². The normalized spacial score (nSPS) is 15.2. The Balaban J connectivity index is 4.77. The maximum Gasteiger partial charge on any atom is 0.326 e. The molecule has 0 heterocycles. The molecule has 4 N–H and O–H groups in total. The van der Waals surface area contributed by atoms with Crippen LogP contribution in [0, 0.1) is 5.92 Å². The summed E-state index contributed by atoms with van der Waals surface area (Å²) in [6, 6.07) is -2.32. The zero-order valence-electron chi connectivity index (χ0n) is 11.0. The van der Waals surface area contributed by atoms with Crippen LogP contribution < -0.4 is 10.6 Å². The van der Waals surface area contributed by atoms with Gasteiger partial charge in [0.05, 0.1) is 12.5 Å². The predicted molar refractivity (Wildman–Crippen MR) is 59.5 cm³/mol. The highest BCUT2D eigenvalue weighted by atomic mass is 16.4. The second-order valence-corrected chi connectivity index (χ2v) is 3.94. The van der Waals surface area contributed by atoms with Crippen molar-refractivity contribution in [3.63, 3.8) is 0 Å². The number of hydrogen-bond acceptors (Lipinski definition) is 4. The second kappa shape index (κ2) is 6.85. The van der Waals surface area contributed by atoms with Crippen LogP contribution >= 0.6 is 0 Å². The van der Waals surface area contributed by atoms with Crippen molar-refractivity contribution in [1.82, 2.24) is 10.6 Å². The van der Waals surface area contributed by atoms with Crippen molar-refractivity contribution in [3.05, 3.63) is 0 Å². The fourth-order valence-corrected chi connectivity index (χ4v) is 1.23. The van der Waals surface area contributed by atoms with E-state index in [2.05, 4.69) is 5.32 Å². The molecule has 0 aliphatic rings. The summed E-state index contributed by atoms with van der Waals surface area (Å²) in [6.07, 6.45) is -0.559. The number of aliphatic carboxylic acids is 2. The number of carboxylic acids is 2. The summed E-state index contributed by atoms with van der Waals surface area (Å²) in [5.74, 6) is -3.55. The van der Waals surface area contributed by atoms with E-state index < -0.39 is 36.4 Å². The fourth-order valence-electron chi connectivity index (χ4n) is 1.23. The molecule has 7 nitrogen and oxygen atoms in total. The van der Waals surface area contributed by atoms with E-state index in [1.54, 1.807) is 13.8 Å². The summed E-state index contributed by atoms with van der Waals surface area (Å²) >= 11 is 0. The van der Waals surface area contributed by atoms with E-state index >= 15 is 0 Å². The Kier molecular flexibility index (Phi) is 5.41. The first-order chi connectivity index (χ1) is 8.16. The standard InChI is InChI=1S/C10H18N2O5/c1-5(2)8(10(16)17)12-9(15)6(11-3)4-7(13)14/h5-6,8,11H,4H2,1-3H3,(H,12,15)(H,13,14)(H,16,17)/t6-,8-/m0/s1/i/hD. The van der Waals surface area contributed by atoms with E-state index in [4.69, 9.17) is 11.6 Å². The number of carboxylic acid groups (broad SMARTS) is 2. The third kappa shape index (κ3) is 5.30. The molecule has 0 aromatic carbocycles. The third-order valence-corrected chi connectivity index (χ3v) is 2.21. The molecule has 0 saturated heterocycles. The van der Waals surface area contributed by atoms with Gasteiger partial charge in [0, 0.05) is 0 Å². The van der Waals surface area contributed by atoms with Gasteiger partial charge in [0.25, 0.3) is 0 Å². The molecule has 98 valence electrons. The molecule has 0 aromatic heterocycles. The van der Waals surface area contributed by atoms with Crippen molar-refractivity contribution in [2.45, 2.75) is 32.4 Å². The minimum Gasteiger partial charge on any atom is -0.481 e. The predicted octanol–water partition coefficient (Wildman–Crippen LogP) is -0.725. The van der Waals surface area contributed by atoms with Gasteiger partial charge in [-0.1, -0.05) is 13.8 Å². The topological polar surface area (TPSA) is 116 Å². The zero-order chi connectivity index (χ0) is 14.5. The molecule has 0 spiro atoms. The molecular weight excluding hydrogens is 228 g/mol. The van der Waals surface area contributed by atoms with Crippen LogP contribution in [-0.4, -0.2) is 47.2 Å². The summed E-state index contributed by atoms with van der Waals surface area (Å²) < 4.78 is 7.28. The van der Waals surface area contributed by atoms with Gasteiger partial charge >= 0.3 is 11.9 Å². The van der Waals surface area contributed by atoms with Crippen molar-refractivity contribution in [2.24, 2.45) is 5.92 Å². The average molecular weight is 247 g/mol. The van der Waals surface area contributed by atoms with Crippen LogP contribution in [0.4, 0.5) is 0 Å². The van der Waals surface area contributed by atoms with E-state index in [1.807, 2.05) is 0 Å². The first kappa shape index (κ1) is 13.4. The van der Waals surface area contributed by atoms with Gasteiger partial charge in [-0.2, -0.15) is 0 Å². The van der Waals surface area contributed by atoms with Gasteiger partial charge in [-0.15, -0.1) is 0 Å². The molecule has 7 heteroatoms. The SMILES string of the molecule is [2H]N(C)[C@@H](CC(=O)O)C(=O)N[C@H](C(=O)O)C(C)C. The van der Waals surface area contributed by atoms with Crippen LogP contribution in [0.2, 0.25) is 1.41 Å². The molecule has 2 atom stereocenters. The first-order valence-electron chi connectivity index (χ1n) is 5.58. The minimum atomic E-state index is -1.23. The molecule has 0 aliphatic carbocycles. The number of amides is 1. The van der Waals surface area contributed by atoms with Crippen molar-refractivity contribution in [2.75, 3.05) is 7.05 Å². The van der Waals surface area contributed by atoms with E-state index in [-0.39, 0.29) is 5.92 Å². The highest BCUT2D eigenvalue weighted by Gasteiger charge is 2.27. The Hall–Kier alpha value is -1.63. The number of hydrogen-bond donors (Lipinski definition) is 4.